The Hall–Kier alpha value is -8.45. The number of halogens is 24. The van der Waals surface area contributed by atoms with E-state index in [0.717, 1.165) is 0 Å². The van der Waals surface area contributed by atoms with Gasteiger partial charge in [-0.2, -0.15) is 34.9 Å². The van der Waals surface area contributed by atoms with Crippen LogP contribution in [0.4, 0.5) is 130 Å². The number of H-pyrrole nitrogens is 3. The zero-order valence-corrected chi connectivity index (χ0v) is 59.7. The molecule has 0 spiro atoms. The Morgan fingerprint density at radius 3 is 0.971 bits per heavy atom. The van der Waals surface area contributed by atoms with E-state index in [1.165, 1.54) is 34.9 Å². The van der Waals surface area contributed by atoms with Crippen LogP contribution in [0.2, 0.25) is 0 Å². The number of nitrogens with two attached hydrogens (primary N) is 5. The molecule has 0 aliphatic carbocycles. The maximum Gasteiger partial charge on any atom is 2.00 e. The monoisotopic (exact) mass is 1760 g/mol. The Bertz CT molecular complexity index is 4210. The fraction of sp³-hybridized carbons (Fsp3) is 0.208. The van der Waals surface area contributed by atoms with Crippen molar-refractivity contribution in [3.8, 4) is 23.0 Å². The third kappa shape index (κ3) is 54.3. The van der Waals surface area contributed by atoms with Gasteiger partial charge in [-0.05, 0) is 61.1 Å². The van der Waals surface area contributed by atoms with Crippen molar-refractivity contribution in [1.82, 2.24) is 78.9 Å². The van der Waals surface area contributed by atoms with Crippen molar-refractivity contribution < 1.29 is 140 Å². The molecular weight excluding hydrogens is 1700 g/mol. The molecule has 8 heterocycles. The third-order valence-corrected chi connectivity index (χ3v) is 9.83. The van der Waals surface area contributed by atoms with Gasteiger partial charge in [0, 0.05) is 26.5 Å². The summed E-state index contributed by atoms with van der Waals surface area (Å²) < 4.78 is 240. The van der Waals surface area contributed by atoms with E-state index >= 15 is 0 Å². The minimum absolute atomic E-state index is 0. The van der Waals surface area contributed by atoms with Crippen molar-refractivity contribution in [3.63, 3.8) is 0 Å². The van der Waals surface area contributed by atoms with E-state index in [9.17, 15) is 110 Å². The van der Waals surface area contributed by atoms with Crippen LogP contribution in [0.15, 0.2) is 120 Å². The normalized spacial score (nSPS) is 13.7. The fourth-order valence-electron chi connectivity index (χ4n) is 6.03. The molecule has 0 fully saturated rings. The van der Waals surface area contributed by atoms with Gasteiger partial charge in [-0.1, -0.05) is 99.5 Å². The second kappa shape index (κ2) is 32.1. The molecule has 2 aromatic carbocycles. The molecule has 0 aliphatic rings. The number of imidazole rings is 2. The van der Waals surface area contributed by atoms with Crippen molar-refractivity contribution in [2.45, 2.75) is 53.4 Å². The number of aromatic amines is 3. The van der Waals surface area contributed by atoms with E-state index in [4.69, 9.17) is 34.1 Å². The topological polar surface area (TPSA) is 387 Å². The molecular formula is C48H58F24N22O2P4Ru2. The summed E-state index contributed by atoms with van der Waals surface area (Å²) in [6.45, 7) is 13.1. The summed E-state index contributed by atoms with van der Waals surface area (Å²) in [5.41, 5.74) is 34.7. The summed E-state index contributed by atoms with van der Waals surface area (Å²) in [6.07, 6.45) is 6.33. The summed E-state index contributed by atoms with van der Waals surface area (Å²) in [5, 5.41) is 7.31. The van der Waals surface area contributed by atoms with Crippen LogP contribution >= 0.6 is 31.2 Å². The van der Waals surface area contributed by atoms with Crippen LogP contribution in [-0.4, -0.2) is 78.9 Å². The predicted octanol–water partition coefficient (Wildman–Crippen LogP) is 18.3. The fourth-order valence-corrected chi connectivity index (χ4v) is 6.03. The number of nitrogens with zero attached hydrogens (tertiary/aromatic N) is 13. The Morgan fingerprint density at radius 2 is 0.696 bits per heavy atom. The van der Waals surface area contributed by atoms with E-state index in [1.807, 2.05) is 12.1 Å². The Kier molecular flexibility index (Phi) is 30.0. The minimum Gasteiger partial charge on any atom is -0.368 e. The van der Waals surface area contributed by atoms with Crippen molar-refractivity contribution in [3.05, 3.63) is 159 Å². The molecule has 102 heavy (non-hydrogen) atoms. The molecule has 10 rings (SSSR count). The molecule has 24 nitrogen and oxygen atoms in total. The number of aromatic nitrogens is 16. The Labute approximate surface area is 582 Å². The summed E-state index contributed by atoms with van der Waals surface area (Å²) in [4.78, 5) is 72.5. The number of fused-ring (bicyclic) bond motifs is 2. The predicted molar refractivity (Wildman–Crippen MR) is 334 cm³/mol. The first-order chi connectivity index (χ1) is 44.1. The molecule has 10 aromatic rings. The van der Waals surface area contributed by atoms with Gasteiger partial charge in [-0.15, -0.1) is 0 Å². The minimum atomic E-state index is -10.7. The molecule has 0 bridgehead atoms. The third-order valence-electron chi connectivity index (χ3n) is 9.83. The number of anilines is 5. The van der Waals surface area contributed by atoms with Crippen molar-refractivity contribution in [1.29, 1.82) is 5.41 Å². The first-order valence-electron chi connectivity index (χ1n) is 26.2. The van der Waals surface area contributed by atoms with Gasteiger partial charge < -0.3 is 42.8 Å². The average molecular weight is 1760 g/mol. The first kappa shape index (κ1) is 95.6. The molecule has 576 valence electrons. The van der Waals surface area contributed by atoms with Gasteiger partial charge in [0.15, 0.2) is 34.0 Å². The van der Waals surface area contributed by atoms with Crippen molar-refractivity contribution >= 4 is 83.3 Å². The van der Waals surface area contributed by atoms with Gasteiger partial charge in [0.2, 0.25) is 35.4 Å². The second-order valence-electron chi connectivity index (χ2n) is 20.1. The van der Waals surface area contributed by atoms with Crippen LogP contribution < -0.4 is 45.4 Å². The molecule has 0 radical (unpaired) electrons. The van der Waals surface area contributed by atoms with Crippen LogP contribution in [-0.2, 0) is 53.1 Å². The van der Waals surface area contributed by atoms with Crippen LogP contribution in [0.25, 0.3) is 45.4 Å². The van der Waals surface area contributed by atoms with Crippen LogP contribution in [0.3, 0.4) is 0 Å². The molecule has 8 aromatic heterocycles. The first-order valence-corrected chi connectivity index (χ1v) is 34.3. The number of hydrogen-bond donors (Lipinski definition) is 9. The summed E-state index contributed by atoms with van der Waals surface area (Å²) in [5.74, 6) is 2.61. The van der Waals surface area contributed by atoms with E-state index in [1.54, 1.807) is 59.9 Å². The number of nitrogen functional groups attached to an aromatic ring is 5. The van der Waals surface area contributed by atoms with Gasteiger partial charge >= 0.3 is 171 Å². The van der Waals surface area contributed by atoms with Gasteiger partial charge in [0.05, 0.1) is 12.7 Å². The molecule has 54 heteroatoms. The molecule has 0 saturated carbocycles. The van der Waals surface area contributed by atoms with Gasteiger partial charge in [0.1, 0.15) is 11.4 Å². The Morgan fingerprint density at radius 1 is 0.402 bits per heavy atom. The van der Waals surface area contributed by atoms with Gasteiger partial charge in [-0.3, -0.25) is 34.9 Å². The SMILES string of the molecule is Cc1ccc(C(C)C)cc1.Cc1ccc(C(C)C)cc1.Cn1cnc2c(=O)[nH]c(N)nc21.Cn1cnc2c(=O)[nH]c(N)nc21.F[P-](F)(F)(F)(F)F.F[P-](F)(F)(F)(F)F.F[P-](F)(F)(F)(F)F.F[P-](F)(F)(F)(F)F.N=c1nc(N)nc(-c2ccccn2)[nH]1.Nc1nc(N)nc(-c2ccccn2)n1.[Ru+2].[Ru+2]. The maximum absolute atomic E-state index is 11.2. The molecule has 0 aliphatic heterocycles. The van der Waals surface area contributed by atoms with Crippen molar-refractivity contribution in [2.24, 2.45) is 14.1 Å². The van der Waals surface area contributed by atoms with Crippen LogP contribution in [0.5, 0.6) is 0 Å². The number of pyridine rings is 2. The average Bonchev–Trinajstić information content (AvgIpc) is 1.30. The maximum atomic E-state index is 11.2. The van der Waals surface area contributed by atoms with Crippen LogP contribution in [0, 0.1) is 19.3 Å². The van der Waals surface area contributed by atoms with E-state index in [-0.39, 0.29) is 85.4 Å². The quantitative estimate of drug-likeness (QED) is 0.0449. The number of benzene rings is 2. The van der Waals surface area contributed by atoms with Crippen molar-refractivity contribution in [2.75, 3.05) is 28.7 Å². The number of aryl methyl sites for hydroxylation is 4. The largest absolute Gasteiger partial charge is 2.00 e. The number of rotatable bonds is 4. The van der Waals surface area contributed by atoms with Gasteiger partial charge in [-0.25, -0.2) is 9.97 Å². The summed E-state index contributed by atoms with van der Waals surface area (Å²) in [6, 6.07) is 28.2. The second-order valence-corrected chi connectivity index (χ2v) is 27.8. The van der Waals surface area contributed by atoms with E-state index in [2.05, 4.69) is 160 Å². The zero-order valence-electron chi connectivity index (χ0n) is 52.6. The van der Waals surface area contributed by atoms with E-state index < -0.39 is 31.2 Å². The van der Waals surface area contributed by atoms with E-state index in [0.29, 0.717) is 57.2 Å². The molecule has 0 unspecified atom stereocenters. The molecule has 0 saturated heterocycles. The Balaban J connectivity index is 0. The standard InChI is InChI=1S/2C10H14.2C8H8N6.2C6H7N5O.4F6P.2Ru/c2*1-8(2)10-6-4-9(3)5-7-10;2*9-7-12-6(13-8(10)14-7)5-3-1-2-4-11-5;2*1-11-2-8-3-4(11)9-6(7)10-5(3)12;4*1-7(2,3,4,5)6;;/h2*4-8H,1-3H3;2*1-4H,(H4,9,10,12,13,14);2*2H,1H3,(H3,7,9,10,12);;;;;;/q;;;;;;4*-1;2*+2. The molecule has 0 amide bonds. The van der Waals surface area contributed by atoms with Crippen LogP contribution in [0.1, 0.15) is 61.8 Å². The molecule has 14 N–H and O–H groups in total. The number of nitrogens with one attached hydrogen (secondary N) is 4. The summed E-state index contributed by atoms with van der Waals surface area (Å²) in [7, 11) is -39.1. The molecule has 0 atom stereocenters. The summed E-state index contributed by atoms with van der Waals surface area (Å²) >= 11 is 0. The van der Waals surface area contributed by atoms with Gasteiger partial charge in [0.25, 0.3) is 11.1 Å². The smallest absolute Gasteiger partial charge is 0.368 e. The zero-order chi connectivity index (χ0) is 78.1. The number of hydrogen-bond acceptors (Lipinski definition) is 19.